The van der Waals surface area contributed by atoms with E-state index in [0.717, 1.165) is 20.6 Å². The van der Waals surface area contributed by atoms with Crippen molar-refractivity contribution in [2.24, 2.45) is 0 Å². The summed E-state index contributed by atoms with van der Waals surface area (Å²) in [5, 5.41) is 3.16. The fourth-order valence-corrected chi connectivity index (χ4v) is 3.60. The molecule has 0 radical (unpaired) electrons. The third-order valence-corrected chi connectivity index (χ3v) is 5.04. The molecule has 126 valence electrons. The van der Waals surface area contributed by atoms with Crippen molar-refractivity contribution in [3.63, 3.8) is 0 Å². The highest BCUT2D eigenvalue weighted by Crippen LogP contribution is 2.41. The summed E-state index contributed by atoms with van der Waals surface area (Å²) in [6.45, 7) is 4.07. The van der Waals surface area contributed by atoms with Gasteiger partial charge in [-0.25, -0.2) is 0 Å². The minimum atomic E-state index is -0.344. The van der Waals surface area contributed by atoms with E-state index in [9.17, 15) is 4.79 Å². The van der Waals surface area contributed by atoms with Crippen LogP contribution in [0, 0.1) is 3.57 Å². The van der Waals surface area contributed by atoms with Gasteiger partial charge in [-0.15, -0.1) is 0 Å². The van der Waals surface area contributed by atoms with Gasteiger partial charge in [0.2, 0.25) is 0 Å². The summed E-state index contributed by atoms with van der Waals surface area (Å²) in [7, 11) is 1.63. The normalized spacial score (nSPS) is 18.2. The van der Waals surface area contributed by atoms with E-state index in [1.165, 1.54) is 0 Å². The first kappa shape index (κ1) is 17.1. The van der Waals surface area contributed by atoms with Gasteiger partial charge in [-0.05, 0) is 66.8 Å². The van der Waals surface area contributed by atoms with Gasteiger partial charge in [0.25, 0.3) is 5.91 Å². The quantitative estimate of drug-likeness (QED) is 0.728. The third kappa shape index (κ3) is 3.50. The van der Waals surface area contributed by atoms with E-state index in [1.807, 2.05) is 56.3 Å². The molecule has 2 aromatic rings. The zero-order valence-corrected chi connectivity index (χ0v) is 16.1. The van der Waals surface area contributed by atoms with Crippen molar-refractivity contribution < 1.29 is 14.3 Å². The summed E-state index contributed by atoms with van der Waals surface area (Å²) in [4.78, 5) is 12.7. The number of hydrogen-bond acceptors (Lipinski definition) is 3. The van der Waals surface area contributed by atoms with Crippen molar-refractivity contribution in [1.82, 2.24) is 5.32 Å². The van der Waals surface area contributed by atoms with Gasteiger partial charge in [0.1, 0.15) is 17.1 Å². The van der Waals surface area contributed by atoms with Gasteiger partial charge < -0.3 is 14.8 Å². The Kier molecular flexibility index (Phi) is 4.71. The lowest BCUT2D eigenvalue weighted by Crippen LogP contribution is -2.41. The van der Waals surface area contributed by atoms with Crippen molar-refractivity contribution in [3.8, 4) is 11.5 Å². The van der Waals surface area contributed by atoms with Gasteiger partial charge in [0, 0.05) is 15.6 Å². The molecule has 0 aromatic heterocycles. The highest BCUT2D eigenvalue weighted by molar-refractivity contribution is 14.1. The summed E-state index contributed by atoms with van der Waals surface area (Å²) >= 11 is 2.18. The molecule has 1 amide bonds. The Bertz CT molecular complexity index is 773. The van der Waals surface area contributed by atoms with E-state index >= 15 is 0 Å². The van der Waals surface area contributed by atoms with E-state index in [0.29, 0.717) is 12.0 Å². The second-order valence-electron chi connectivity index (χ2n) is 6.48. The molecule has 0 saturated heterocycles. The van der Waals surface area contributed by atoms with Crippen molar-refractivity contribution in [1.29, 1.82) is 0 Å². The fourth-order valence-electron chi connectivity index (χ4n) is 2.97. The molecule has 1 N–H and O–H groups in total. The van der Waals surface area contributed by atoms with Crippen LogP contribution in [0.15, 0.2) is 42.5 Å². The fraction of sp³-hybridized carbons (Fsp3) is 0.316. The highest BCUT2D eigenvalue weighted by Gasteiger charge is 2.35. The zero-order valence-electron chi connectivity index (χ0n) is 13.9. The van der Waals surface area contributed by atoms with Gasteiger partial charge in [0.15, 0.2) is 0 Å². The molecule has 0 aliphatic carbocycles. The van der Waals surface area contributed by atoms with E-state index in [2.05, 4.69) is 27.9 Å². The number of fused-ring (bicyclic) bond motifs is 1. The van der Waals surface area contributed by atoms with Crippen LogP contribution in [0.3, 0.4) is 0 Å². The summed E-state index contributed by atoms with van der Waals surface area (Å²) in [6.07, 6.45) is 0.697. The number of methoxy groups -OCH3 is 1. The number of nitrogens with one attached hydrogen (secondary N) is 1. The average Bonchev–Trinajstić information content (AvgIpc) is 2.54. The Morgan fingerprint density at radius 2 is 2.04 bits per heavy atom. The van der Waals surface area contributed by atoms with Crippen molar-refractivity contribution in [2.75, 3.05) is 7.11 Å². The van der Waals surface area contributed by atoms with Crippen LogP contribution in [0.1, 0.15) is 42.2 Å². The highest BCUT2D eigenvalue weighted by atomic mass is 127. The third-order valence-electron chi connectivity index (χ3n) is 4.10. The molecule has 0 bridgehead atoms. The van der Waals surface area contributed by atoms with Crippen LogP contribution >= 0.6 is 22.6 Å². The van der Waals surface area contributed by atoms with Gasteiger partial charge in [-0.2, -0.15) is 0 Å². The van der Waals surface area contributed by atoms with Crippen molar-refractivity contribution in [2.45, 2.75) is 31.9 Å². The Hall–Kier alpha value is -1.76. The van der Waals surface area contributed by atoms with Crippen LogP contribution in [0.2, 0.25) is 0 Å². The van der Waals surface area contributed by atoms with Crippen LogP contribution in [-0.4, -0.2) is 18.6 Å². The van der Waals surface area contributed by atoms with E-state index in [4.69, 9.17) is 9.47 Å². The Labute approximate surface area is 155 Å². The van der Waals surface area contributed by atoms with Crippen LogP contribution in [0.5, 0.6) is 11.5 Å². The number of carbonyl (C=O) groups excluding carboxylic acids is 1. The lowest BCUT2D eigenvalue weighted by molar-refractivity contribution is 0.0617. The van der Waals surface area contributed by atoms with Gasteiger partial charge in [-0.3, -0.25) is 4.79 Å². The average molecular weight is 437 g/mol. The van der Waals surface area contributed by atoms with E-state index < -0.39 is 0 Å². The van der Waals surface area contributed by atoms with Crippen LogP contribution < -0.4 is 14.8 Å². The van der Waals surface area contributed by atoms with Crippen LogP contribution in [0.4, 0.5) is 0 Å². The summed E-state index contributed by atoms with van der Waals surface area (Å²) in [5.41, 5.74) is 1.29. The molecule has 1 aliphatic rings. The molecule has 1 aliphatic heterocycles. The lowest BCUT2D eigenvalue weighted by atomic mass is 9.89. The minimum absolute atomic E-state index is 0.0727. The summed E-state index contributed by atoms with van der Waals surface area (Å²) in [5.74, 6) is 1.47. The molecule has 0 spiro atoms. The van der Waals surface area contributed by atoms with Gasteiger partial charge in [-0.1, -0.05) is 12.1 Å². The molecule has 4 nitrogen and oxygen atoms in total. The number of rotatable bonds is 3. The Balaban J connectivity index is 1.93. The molecule has 0 fully saturated rings. The number of amides is 1. The maximum atomic E-state index is 12.7. The largest absolute Gasteiger partial charge is 0.497 e. The standard InChI is InChI=1S/C19H20INO3/c1-19(2)11-16(14-10-12(23-3)8-9-17(14)24-19)21-18(22)13-6-4-5-7-15(13)20/h4-10,16H,11H2,1-3H3,(H,21,22). The van der Waals surface area contributed by atoms with Gasteiger partial charge >= 0.3 is 0 Å². The predicted molar refractivity (Wildman–Crippen MR) is 102 cm³/mol. The smallest absolute Gasteiger partial charge is 0.252 e. The molecule has 1 atom stereocenters. The topological polar surface area (TPSA) is 47.6 Å². The van der Waals surface area contributed by atoms with E-state index in [-0.39, 0.29) is 17.6 Å². The predicted octanol–water partition coefficient (Wildman–Crippen LogP) is 4.33. The van der Waals surface area contributed by atoms with Crippen molar-refractivity contribution in [3.05, 3.63) is 57.2 Å². The summed E-state index contributed by atoms with van der Waals surface area (Å²) < 4.78 is 12.3. The molecule has 1 heterocycles. The first-order valence-corrected chi connectivity index (χ1v) is 8.90. The zero-order chi connectivity index (χ0) is 17.3. The Morgan fingerprint density at radius 1 is 1.29 bits per heavy atom. The van der Waals surface area contributed by atoms with E-state index in [1.54, 1.807) is 7.11 Å². The van der Waals surface area contributed by atoms with Crippen molar-refractivity contribution >= 4 is 28.5 Å². The molecule has 3 rings (SSSR count). The molecule has 1 unspecified atom stereocenters. The summed E-state index contributed by atoms with van der Waals surface area (Å²) in [6, 6.07) is 13.2. The number of hydrogen-bond donors (Lipinski definition) is 1. The SMILES string of the molecule is COc1ccc2c(c1)C(NC(=O)c1ccccc1I)CC(C)(C)O2. The van der Waals surface area contributed by atoms with Crippen LogP contribution in [0.25, 0.3) is 0 Å². The molecule has 0 saturated carbocycles. The number of benzene rings is 2. The minimum Gasteiger partial charge on any atom is -0.497 e. The lowest BCUT2D eigenvalue weighted by Gasteiger charge is -2.38. The van der Waals surface area contributed by atoms with Gasteiger partial charge in [0.05, 0.1) is 18.7 Å². The monoisotopic (exact) mass is 437 g/mol. The first-order chi connectivity index (χ1) is 11.4. The maximum Gasteiger partial charge on any atom is 0.252 e. The number of carbonyl (C=O) groups is 1. The second kappa shape index (κ2) is 6.63. The number of ether oxygens (including phenoxy) is 2. The number of halogens is 1. The molecule has 2 aromatic carbocycles. The Morgan fingerprint density at radius 3 is 2.75 bits per heavy atom. The first-order valence-electron chi connectivity index (χ1n) is 7.82. The molecular formula is C19H20INO3. The molecule has 5 heteroatoms. The maximum absolute atomic E-state index is 12.7. The van der Waals surface area contributed by atoms with Crippen LogP contribution in [-0.2, 0) is 0 Å². The molecule has 24 heavy (non-hydrogen) atoms. The second-order valence-corrected chi connectivity index (χ2v) is 7.64. The molecular weight excluding hydrogens is 417 g/mol.